The average Bonchev–Trinajstić information content (AvgIpc) is 1.88. The van der Waals surface area contributed by atoms with Gasteiger partial charge in [0.05, 0.1) is 12.4 Å². The number of nitrogens with two attached hydrogens (primary N) is 1. The van der Waals surface area contributed by atoms with Crippen LogP contribution < -0.4 is 22.7 Å². The van der Waals surface area contributed by atoms with Crippen molar-refractivity contribution in [2.45, 2.75) is 0 Å². The summed E-state index contributed by atoms with van der Waals surface area (Å²) in [7, 11) is 0. The molecule has 0 unspecified atom stereocenters. The summed E-state index contributed by atoms with van der Waals surface area (Å²) in [6, 6.07) is 3.34. The van der Waals surface area contributed by atoms with Gasteiger partial charge in [0, 0.05) is 5.02 Å². The molecule has 0 aliphatic heterocycles. The predicted octanol–water partition coefficient (Wildman–Crippen LogP) is -2.63. The first kappa shape index (κ1) is 10.2. The molecule has 0 bridgehead atoms. The van der Waals surface area contributed by atoms with Crippen molar-refractivity contribution in [1.29, 1.82) is 5.41 Å². The minimum Gasteiger partial charge on any atom is -1.00 e. The van der Waals surface area contributed by atoms with E-state index in [2.05, 4.69) is 0 Å². The van der Waals surface area contributed by atoms with Crippen LogP contribution >= 0.6 is 11.6 Å². The van der Waals surface area contributed by atoms with E-state index in [9.17, 15) is 0 Å². The number of pyridine rings is 1. The van der Waals surface area contributed by atoms with E-state index in [1.807, 2.05) is 0 Å². The third-order valence-corrected chi connectivity index (χ3v) is 1.32. The maximum Gasteiger partial charge on any atom is 0.386 e. The molecule has 0 amide bonds. The Morgan fingerprint density at radius 3 is 2.27 bits per heavy atom. The average molecular weight is 192 g/mol. The van der Waals surface area contributed by atoms with Gasteiger partial charge in [0.15, 0.2) is 0 Å². The summed E-state index contributed by atoms with van der Waals surface area (Å²) in [5, 5.41) is 7.64. The normalized spacial score (nSPS) is 8.45. The van der Waals surface area contributed by atoms with Gasteiger partial charge in [-0.3, -0.25) is 5.73 Å². The van der Waals surface area contributed by atoms with Crippen molar-refractivity contribution >= 4 is 17.6 Å². The highest BCUT2D eigenvalue weighted by molar-refractivity contribution is 6.30. The third kappa shape index (κ3) is 2.74. The molecule has 0 spiro atoms. The lowest BCUT2D eigenvalue weighted by Gasteiger charge is -1.92. The van der Waals surface area contributed by atoms with Crippen molar-refractivity contribution < 1.29 is 17.0 Å². The molecule has 60 valence electrons. The second-order valence-corrected chi connectivity index (χ2v) is 2.25. The molecule has 0 saturated heterocycles. The molecule has 0 fully saturated rings. The van der Waals surface area contributed by atoms with Crippen molar-refractivity contribution in [2.75, 3.05) is 0 Å². The number of nitrogens with zero attached hydrogens (tertiary/aromatic N) is 1. The SMILES string of the molecule is N=C(N)[n+]1ccc(Cl)cc1.[Cl-]. The first-order valence-corrected chi connectivity index (χ1v) is 3.09. The molecule has 0 radical (unpaired) electrons. The lowest BCUT2D eigenvalue weighted by Crippen LogP contribution is -3.00. The lowest BCUT2D eigenvalue weighted by atomic mass is 10.5. The summed E-state index contributed by atoms with van der Waals surface area (Å²) in [4.78, 5) is 0. The lowest BCUT2D eigenvalue weighted by molar-refractivity contribution is -0.558. The highest BCUT2D eigenvalue weighted by Crippen LogP contribution is 2.01. The van der Waals surface area contributed by atoms with Gasteiger partial charge in [0.25, 0.3) is 0 Å². The van der Waals surface area contributed by atoms with Crippen LogP contribution in [0.1, 0.15) is 0 Å². The second kappa shape index (κ2) is 4.16. The molecule has 3 nitrogen and oxygen atoms in total. The van der Waals surface area contributed by atoms with Crippen molar-refractivity contribution in [1.82, 2.24) is 0 Å². The van der Waals surface area contributed by atoms with E-state index in [1.165, 1.54) is 4.57 Å². The number of nitrogen functional groups attached to an aromatic ring is 1. The number of halogens is 2. The summed E-state index contributed by atoms with van der Waals surface area (Å²) in [5.41, 5.74) is 5.17. The molecule has 1 aromatic heterocycles. The van der Waals surface area contributed by atoms with E-state index < -0.39 is 0 Å². The summed E-state index contributed by atoms with van der Waals surface area (Å²) in [6.45, 7) is 0. The number of rotatable bonds is 0. The first-order chi connectivity index (χ1) is 4.70. The summed E-state index contributed by atoms with van der Waals surface area (Å²) in [6.07, 6.45) is 3.26. The Morgan fingerprint density at radius 2 is 1.91 bits per heavy atom. The number of hydrogen-bond donors (Lipinski definition) is 2. The van der Waals surface area contributed by atoms with Gasteiger partial charge in [0.2, 0.25) is 0 Å². The van der Waals surface area contributed by atoms with Gasteiger partial charge < -0.3 is 12.4 Å². The van der Waals surface area contributed by atoms with E-state index in [4.69, 9.17) is 22.7 Å². The van der Waals surface area contributed by atoms with E-state index in [-0.39, 0.29) is 18.4 Å². The number of hydrogen-bond acceptors (Lipinski definition) is 1. The van der Waals surface area contributed by atoms with Crippen LogP contribution in [0.15, 0.2) is 24.5 Å². The first-order valence-electron chi connectivity index (χ1n) is 2.71. The smallest absolute Gasteiger partial charge is 0.386 e. The molecule has 1 rings (SSSR count). The van der Waals surface area contributed by atoms with Gasteiger partial charge >= 0.3 is 5.96 Å². The van der Waals surface area contributed by atoms with Gasteiger partial charge in [-0.1, -0.05) is 11.6 Å². The Kier molecular flexibility index (Phi) is 3.85. The van der Waals surface area contributed by atoms with Crippen LogP contribution in [0.4, 0.5) is 0 Å². The molecule has 1 heterocycles. The minimum atomic E-state index is -0.0170. The third-order valence-electron chi connectivity index (χ3n) is 1.07. The van der Waals surface area contributed by atoms with Crippen LogP contribution in [0.2, 0.25) is 5.02 Å². The van der Waals surface area contributed by atoms with Crippen molar-refractivity contribution in [3.05, 3.63) is 29.5 Å². The maximum atomic E-state index is 7.00. The molecule has 0 saturated carbocycles. The van der Waals surface area contributed by atoms with Crippen LogP contribution in [0, 0.1) is 5.41 Å². The molecular formula is C6H7Cl2N3. The Bertz CT molecular complexity index is 245. The summed E-state index contributed by atoms with van der Waals surface area (Å²) < 4.78 is 1.46. The molecule has 0 aliphatic rings. The highest BCUT2D eigenvalue weighted by Gasteiger charge is 1.97. The standard InChI is InChI=1S/C6H7ClN3.ClH/c7-5-1-3-10(4-2-5)6(8)9;/h1-4H,(H3,8,9);1H/q+1;/p-1. The fourth-order valence-corrected chi connectivity index (χ4v) is 0.682. The van der Waals surface area contributed by atoms with E-state index >= 15 is 0 Å². The molecule has 0 aliphatic carbocycles. The van der Waals surface area contributed by atoms with Gasteiger partial charge in [-0.15, -0.1) is 5.41 Å². The monoisotopic (exact) mass is 191 g/mol. The number of nitrogens with one attached hydrogen (secondary N) is 1. The zero-order valence-corrected chi connectivity index (χ0v) is 7.10. The molecule has 0 aromatic carbocycles. The minimum absolute atomic E-state index is 0. The largest absolute Gasteiger partial charge is 1.00 e. The van der Waals surface area contributed by atoms with E-state index in [0.717, 1.165) is 0 Å². The second-order valence-electron chi connectivity index (χ2n) is 1.81. The van der Waals surface area contributed by atoms with Crippen LogP contribution in [0.5, 0.6) is 0 Å². The zero-order chi connectivity index (χ0) is 7.56. The fraction of sp³-hybridized carbons (Fsp3) is 0. The fourth-order valence-electron chi connectivity index (χ4n) is 0.569. The van der Waals surface area contributed by atoms with Crippen LogP contribution in [0.25, 0.3) is 0 Å². The van der Waals surface area contributed by atoms with Crippen LogP contribution in [0.3, 0.4) is 0 Å². The maximum absolute atomic E-state index is 7.00. The predicted molar refractivity (Wildman–Crippen MR) is 39.0 cm³/mol. The van der Waals surface area contributed by atoms with E-state index in [1.54, 1.807) is 24.5 Å². The highest BCUT2D eigenvalue weighted by atomic mass is 35.5. The quantitative estimate of drug-likeness (QED) is 0.264. The van der Waals surface area contributed by atoms with Crippen molar-refractivity contribution in [3.8, 4) is 0 Å². The molecule has 11 heavy (non-hydrogen) atoms. The molecule has 0 atom stereocenters. The van der Waals surface area contributed by atoms with Gasteiger partial charge in [-0.05, 0) is 12.1 Å². The topological polar surface area (TPSA) is 53.8 Å². The molecule has 5 heteroatoms. The van der Waals surface area contributed by atoms with E-state index in [0.29, 0.717) is 5.02 Å². The molecule has 3 N–H and O–H groups in total. The zero-order valence-electron chi connectivity index (χ0n) is 5.59. The Hall–Kier alpha value is -0.800. The van der Waals surface area contributed by atoms with Crippen LogP contribution in [-0.4, -0.2) is 5.96 Å². The van der Waals surface area contributed by atoms with Gasteiger partial charge in [0.1, 0.15) is 0 Å². The van der Waals surface area contributed by atoms with Gasteiger partial charge in [-0.25, -0.2) is 4.57 Å². The number of aromatic nitrogens is 1. The Balaban J connectivity index is 0.000001000. The Morgan fingerprint density at radius 1 is 1.45 bits per heavy atom. The molecule has 1 aromatic rings. The Labute approximate surface area is 75.7 Å². The van der Waals surface area contributed by atoms with Crippen molar-refractivity contribution in [2.24, 2.45) is 5.73 Å². The van der Waals surface area contributed by atoms with Crippen LogP contribution in [-0.2, 0) is 0 Å². The summed E-state index contributed by atoms with van der Waals surface area (Å²) >= 11 is 5.59. The van der Waals surface area contributed by atoms with Crippen molar-refractivity contribution in [3.63, 3.8) is 0 Å². The summed E-state index contributed by atoms with van der Waals surface area (Å²) in [5.74, 6) is -0.0170. The molecular weight excluding hydrogens is 185 g/mol. The van der Waals surface area contributed by atoms with Gasteiger partial charge in [-0.2, -0.15) is 0 Å².